The highest BCUT2D eigenvalue weighted by molar-refractivity contribution is 5.57. The zero-order valence-corrected chi connectivity index (χ0v) is 15.0. The molecule has 0 amide bonds. The topological polar surface area (TPSA) is 41.5 Å². The molecule has 0 saturated carbocycles. The van der Waals surface area contributed by atoms with Crippen molar-refractivity contribution in [1.82, 2.24) is 0 Å². The number of nitrogens with one attached hydrogen (secondary N) is 1. The smallest absolute Gasteiger partial charge is 0.122 e. The van der Waals surface area contributed by atoms with Gasteiger partial charge in [0.05, 0.1) is 12.3 Å². The monoisotopic (exact) mass is 327 g/mol. The van der Waals surface area contributed by atoms with Gasteiger partial charge in [-0.1, -0.05) is 32.9 Å². The second kappa shape index (κ2) is 7.02. The van der Waals surface area contributed by atoms with Crippen LogP contribution in [0.1, 0.15) is 51.2 Å². The predicted octanol–water partition coefficient (Wildman–Crippen LogP) is 4.53. The molecule has 0 aliphatic carbocycles. The number of aliphatic hydroxyl groups excluding tert-OH is 1. The SMILES string of the molecule is CC(C)(C)c1ccc2c(c1)CC(CCCO)[C@H](C1=CCC=CO1)N2. The Balaban J connectivity index is 1.88. The van der Waals surface area contributed by atoms with Crippen molar-refractivity contribution in [2.75, 3.05) is 11.9 Å². The molecular formula is C21H29NO2. The summed E-state index contributed by atoms with van der Waals surface area (Å²) in [5.41, 5.74) is 4.13. The summed E-state index contributed by atoms with van der Waals surface area (Å²) in [6.07, 6.45) is 9.77. The van der Waals surface area contributed by atoms with Gasteiger partial charge < -0.3 is 15.2 Å². The summed E-state index contributed by atoms with van der Waals surface area (Å²) in [5, 5.41) is 13.0. The van der Waals surface area contributed by atoms with Gasteiger partial charge in [-0.05, 0) is 66.4 Å². The minimum Gasteiger partial charge on any atom is -0.468 e. The summed E-state index contributed by atoms with van der Waals surface area (Å²) < 4.78 is 5.78. The highest BCUT2D eigenvalue weighted by atomic mass is 16.5. The van der Waals surface area contributed by atoms with E-state index in [9.17, 15) is 5.11 Å². The lowest BCUT2D eigenvalue weighted by Gasteiger charge is -2.37. The van der Waals surface area contributed by atoms with Crippen LogP contribution in [0, 0.1) is 5.92 Å². The lowest BCUT2D eigenvalue weighted by Crippen LogP contribution is -2.37. The van der Waals surface area contributed by atoms with Crippen molar-refractivity contribution in [1.29, 1.82) is 0 Å². The van der Waals surface area contributed by atoms with Crippen LogP contribution in [0.3, 0.4) is 0 Å². The van der Waals surface area contributed by atoms with Crippen LogP contribution in [0.15, 0.2) is 42.4 Å². The number of fused-ring (bicyclic) bond motifs is 1. The van der Waals surface area contributed by atoms with Crippen molar-refractivity contribution in [3.8, 4) is 0 Å². The molecule has 1 unspecified atom stereocenters. The molecule has 0 saturated heterocycles. The molecule has 2 aliphatic heterocycles. The van der Waals surface area contributed by atoms with Gasteiger partial charge in [0.25, 0.3) is 0 Å². The molecule has 24 heavy (non-hydrogen) atoms. The first-order valence-corrected chi connectivity index (χ1v) is 9.01. The number of allylic oxidation sites excluding steroid dienone is 2. The van der Waals surface area contributed by atoms with Crippen molar-refractivity contribution in [2.24, 2.45) is 5.92 Å². The molecule has 0 spiro atoms. The summed E-state index contributed by atoms with van der Waals surface area (Å²) in [5.74, 6) is 1.46. The molecule has 1 aromatic carbocycles. The zero-order chi connectivity index (χ0) is 17.2. The third-order valence-corrected chi connectivity index (χ3v) is 5.03. The maximum Gasteiger partial charge on any atom is 0.122 e. The van der Waals surface area contributed by atoms with Crippen molar-refractivity contribution >= 4 is 5.69 Å². The molecule has 3 rings (SSSR count). The number of benzene rings is 1. The minimum absolute atomic E-state index is 0.159. The Morgan fingerprint density at radius 1 is 1.29 bits per heavy atom. The number of rotatable bonds is 4. The number of hydrogen-bond acceptors (Lipinski definition) is 3. The second-order valence-electron chi connectivity index (χ2n) is 7.91. The summed E-state index contributed by atoms with van der Waals surface area (Å²) in [4.78, 5) is 0. The van der Waals surface area contributed by atoms with E-state index in [-0.39, 0.29) is 18.1 Å². The second-order valence-corrected chi connectivity index (χ2v) is 7.91. The van der Waals surface area contributed by atoms with Crippen LogP contribution in [0.2, 0.25) is 0 Å². The van der Waals surface area contributed by atoms with E-state index in [0.717, 1.165) is 31.4 Å². The number of ether oxygens (including phenoxy) is 1. The Kier molecular flexibility index (Phi) is 5.00. The molecule has 2 aliphatic rings. The molecule has 3 heteroatoms. The van der Waals surface area contributed by atoms with Crippen molar-refractivity contribution in [3.05, 3.63) is 53.5 Å². The largest absolute Gasteiger partial charge is 0.468 e. The van der Waals surface area contributed by atoms with Crippen molar-refractivity contribution in [2.45, 2.75) is 57.9 Å². The molecule has 130 valence electrons. The quantitative estimate of drug-likeness (QED) is 0.854. The first kappa shape index (κ1) is 17.1. The van der Waals surface area contributed by atoms with E-state index in [1.807, 2.05) is 6.08 Å². The predicted molar refractivity (Wildman–Crippen MR) is 99.0 cm³/mol. The molecule has 0 bridgehead atoms. The highest BCUT2D eigenvalue weighted by Gasteiger charge is 2.32. The first-order chi connectivity index (χ1) is 11.5. The van der Waals surface area contributed by atoms with E-state index in [2.05, 4.69) is 50.4 Å². The molecule has 3 nitrogen and oxygen atoms in total. The van der Waals surface area contributed by atoms with Crippen LogP contribution in [-0.2, 0) is 16.6 Å². The van der Waals surface area contributed by atoms with Crippen LogP contribution < -0.4 is 5.32 Å². The van der Waals surface area contributed by atoms with Gasteiger partial charge in [0.15, 0.2) is 0 Å². The lowest BCUT2D eigenvalue weighted by molar-refractivity contribution is 0.243. The highest BCUT2D eigenvalue weighted by Crippen LogP contribution is 2.37. The Hall–Kier alpha value is -1.74. The molecule has 0 aromatic heterocycles. The minimum atomic E-state index is 0.159. The van der Waals surface area contributed by atoms with Gasteiger partial charge >= 0.3 is 0 Å². The van der Waals surface area contributed by atoms with Gasteiger partial charge in [0.2, 0.25) is 0 Å². The van der Waals surface area contributed by atoms with E-state index in [1.165, 1.54) is 16.8 Å². The first-order valence-electron chi connectivity index (χ1n) is 9.01. The van der Waals surface area contributed by atoms with Crippen LogP contribution >= 0.6 is 0 Å². The Morgan fingerprint density at radius 3 is 2.79 bits per heavy atom. The van der Waals surface area contributed by atoms with Crippen LogP contribution in [0.5, 0.6) is 0 Å². The molecule has 2 heterocycles. The fraction of sp³-hybridized carbons (Fsp3) is 0.524. The van der Waals surface area contributed by atoms with Crippen molar-refractivity contribution < 1.29 is 9.84 Å². The Morgan fingerprint density at radius 2 is 2.12 bits per heavy atom. The third kappa shape index (κ3) is 3.67. The summed E-state index contributed by atoms with van der Waals surface area (Å²) >= 11 is 0. The number of hydrogen-bond donors (Lipinski definition) is 2. The van der Waals surface area contributed by atoms with E-state index < -0.39 is 0 Å². The molecule has 2 atom stereocenters. The molecule has 1 aromatic rings. The fourth-order valence-corrected chi connectivity index (χ4v) is 3.60. The average molecular weight is 327 g/mol. The van der Waals surface area contributed by atoms with E-state index in [4.69, 9.17) is 4.74 Å². The number of aliphatic hydroxyl groups is 1. The van der Waals surface area contributed by atoms with Crippen molar-refractivity contribution in [3.63, 3.8) is 0 Å². The maximum absolute atomic E-state index is 9.26. The standard InChI is InChI=1S/C21H29NO2/c1-21(2,3)17-9-10-18-16(14-17)13-15(7-6-11-23)20(22-18)19-8-4-5-12-24-19/h5,8-10,12,14-15,20,22-23H,4,6-7,11,13H2,1-3H3/t15?,20-/m1/s1. The zero-order valence-electron chi connectivity index (χ0n) is 15.0. The van der Waals surface area contributed by atoms with Gasteiger partial charge in [0, 0.05) is 12.3 Å². The summed E-state index contributed by atoms with van der Waals surface area (Å²) in [7, 11) is 0. The molecule has 0 radical (unpaired) electrons. The number of anilines is 1. The third-order valence-electron chi connectivity index (χ3n) is 5.03. The fourth-order valence-electron chi connectivity index (χ4n) is 3.60. The maximum atomic E-state index is 9.26. The Bertz CT molecular complexity index is 640. The average Bonchev–Trinajstić information content (AvgIpc) is 2.58. The van der Waals surface area contributed by atoms with E-state index in [0.29, 0.717) is 5.92 Å². The summed E-state index contributed by atoms with van der Waals surface area (Å²) in [6.45, 7) is 7.01. The van der Waals surface area contributed by atoms with Gasteiger partial charge in [-0.25, -0.2) is 0 Å². The van der Waals surface area contributed by atoms with E-state index >= 15 is 0 Å². The molecule has 0 fully saturated rings. The van der Waals surface area contributed by atoms with Crippen LogP contribution in [0.4, 0.5) is 5.69 Å². The van der Waals surface area contributed by atoms with Crippen LogP contribution in [0.25, 0.3) is 0 Å². The van der Waals surface area contributed by atoms with Gasteiger partial charge in [-0.3, -0.25) is 0 Å². The Labute approximate surface area is 145 Å². The van der Waals surface area contributed by atoms with Gasteiger partial charge in [0.1, 0.15) is 5.76 Å². The van der Waals surface area contributed by atoms with Crippen LogP contribution in [-0.4, -0.2) is 17.8 Å². The lowest BCUT2D eigenvalue weighted by atomic mass is 9.79. The van der Waals surface area contributed by atoms with Gasteiger partial charge in [-0.2, -0.15) is 0 Å². The molecule has 2 N–H and O–H groups in total. The van der Waals surface area contributed by atoms with E-state index in [1.54, 1.807) is 6.26 Å². The van der Waals surface area contributed by atoms with Gasteiger partial charge in [-0.15, -0.1) is 0 Å². The summed E-state index contributed by atoms with van der Waals surface area (Å²) in [6, 6.07) is 6.98. The molecular weight excluding hydrogens is 298 g/mol. The normalized spacial score (nSPS) is 23.1.